The van der Waals surface area contributed by atoms with Gasteiger partial charge < -0.3 is 15.3 Å². The predicted octanol–water partition coefficient (Wildman–Crippen LogP) is 0.961. The molecule has 0 radical (unpaired) electrons. The standard InChI is InChI=1S/C15H12FN5O2/c1-21-7-9(4-10(16)15(21)23)11-6-19-14-13(20-11)8(5-18-14)2-3-12(17)22/h2-7H,1H3,(H2,17,22)(H,18,19)/b3-2+. The summed E-state index contributed by atoms with van der Waals surface area (Å²) < 4.78 is 14.8. The first kappa shape index (κ1) is 14.6. The van der Waals surface area contributed by atoms with Gasteiger partial charge in [-0.3, -0.25) is 9.59 Å². The molecule has 0 unspecified atom stereocenters. The number of aromatic amines is 1. The molecule has 0 aliphatic rings. The molecule has 0 spiro atoms. The molecular formula is C15H12FN5O2. The lowest BCUT2D eigenvalue weighted by molar-refractivity contribution is -0.113. The zero-order chi connectivity index (χ0) is 16.6. The van der Waals surface area contributed by atoms with Crippen molar-refractivity contribution in [1.82, 2.24) is 19.5 Å². The van der Waals surface area contributed by atoms with Crippen molar-refractivity contribution in [3.05, 3.63) is 52.5 Å². The largest absolute Gasteiger partial charge is 0.366 e. The van der Waals surface area contributed by atoms with Crippen LogP contribution >= 0.6 is 0 Å². The molecule has 0 aromatic carbocycles. The maximum atomic E-state index is 13.6. The van der Waals surface area contributed by atoms with E-state index in [4.69, 9.17) is 5.73 Å². The third-order valence-electron chi connectivity index (χ3n) is 3.27. The van der Waals surface area contributed by atoms with Gasteiger partial charge in [0.15, 0.2) is 11.5 Å². The summed E-state index contributed by atoms with van der Waals surface area (Å²) in [5.74, 6) is -1.45. The summed E-state index contributed by atoms with van der Waals surface area (Å²) in [6.45, 7) is 0. The van der Waals surface area contributed by atoms with Crippen molar-refractivity contribution >= 4 is 23.1 Å². The number of rotatable bonds is 3. The molecule has 7 nitrogen and oxygen atoms in total. The number of hydrogen-bond donors (Lipinski definition) is 2. The Morgan fingerprint density at radius 2 is 2.26 bits per heavy atom. The normalized spacial score (nSPS) is 11.4. The average Bonchev–Trinajstić information content (AvgIpc) is 2.92. The van der Waals surface area contributed by atoms with E-state index in [0.717, 1.165) is 10.6 Å². The van der Waals surface area contributed by atoms with Gasteiger partial charge in [-0.25, -0.2) is 14.4 Å². The summed E-state index contributed by atoms with van der Waals surface area (Å²) in [4.78, 5) is 33.8. The van der Waals surface area contributed by atoms with E-state index in [1.807, 2.05) is 0 Å². The van der Waals surface area contributed by atoms with Gasteiger partial charge in [0.25, 0.3) is 5.56 Å². The predicted molar refractivity (Wildman–Crippen MR) is 82.8 cm³/mol. The second-order valence-electron chi connectivity index (χ2n) is 4.92. The number of nitrogens with one attached hydrogen (secondary N) is 1. The Bertz CT molecular complexity index is 977. The number of carbonyl (C=O) groups excluding carboxylic acids is 1. The molecule has 8 heteroatoms. The quantitative estimate of drug-likeness (QED) is 0.702. The van der Waals surface area contributed by atoms with E-state index in [1.54, 1.807) is 6.20 Å². The number of nitrogens with zero attached hydrogens (tertiary/aromatic N) is 3. The molecule has 3 aromatic rings. The van der Waals surface area contributed by atoms with E-state index in [1.165, 1.54) is 31.6 Å². The first-order chi connectivity index (χ1) is 11.0. The summed E-state index contributed by atoms with van der Waals surface area (Å²) in [5, 5.41) is 0. The van der Waals surface area contributed by atoms with Crippen molar-refractivity contribution in [2.75, 3.05) is 0 Å². The fourth-order valence-corrected chi connectivity index (χ4v) is 2.16. The molecule has 0 atom stereocenters. The van der Waals surface area contributed by atoms with Gasteiger partial charge in [-0.15, -0.1) is 0 Å². The minimum absolute atomic E-state index is 0.403. The van der Waals surface area contributed by atoms with Gasteiger partial charge in [0.1, 0.15) is 5.52 Å². The number of carbonyl (C=O) groups is 1. The van der Waals surface area contributed by atoms with Gasteiger partial charge in [-0.2, -0.15) is 0 Å². The Hall–Kier alpha value is -3.29. The maximum Gasteiger partial charge on any atom is 0.286 e. The van der Waals surface area contributed by atoms with Crippen LogP contribution in [0.5, 0.6) is 0 Å². The molecule has 23 heavy (non-hydrogen) atoms. The van der Waals surface area contributed by atoms with E-state index in [2.05, 4.69) is 15.0 Å². The SMILES string of the molecule is Cn1cc(-c2cnc3[nH]cc(/C=C/C(N)=O)c3n2)cc(F)c1=O. The van der Waals surface area contributed by atoms with Gasteiger partial charge in [0.2, 0.25) is 5.91 Å². The average molecular weight is 313 g/mol. The molecule has 0 bridgehead atoms. The summed E-state index contributed by atoms with van der Waals surface area (Å²) in [6.07, 6.45) is 7.31. The molecule has 3 heterocycles. The number of H-pyrrole nitrogens is 1. The van der Waals surface area contributed by atoms with Crippen molar-refractivity contribution in [3.8, 4) is 11.3 Å². The van der Waals surface area contributed by atoms with Crippen LogP contribution in [0.4, 0.5) is 4.39 Å². The van der Waals surface area contributed by atoms with E-state index in [0.29, 0.717) is 28.0 Å². The first-order valence-electron chi connectivity index (χ1n) is 6.64. The lowest BCUT2D eigenvalue weighted by atomic mass is 10.2. The van der Waals surface area contributed by atoms with Crippen molar-refractivity contribution in [2.45, 2.75) is 0 Å². The number of amides is 1. The highest BCUT2D eigenvalue weighted by atomic mass is 19.1. The maximum absolute atomic E-state index is 13.6. The van der Waals surface area contributed by atoms with Gasteiger partial charge in [-0.1, -0.05) is 0 Å². The van der Waals surface area contributed by atoms with Crippen LogP contribution in [-0.4, -0.2) is 25.4 Å². The number of aryl methyl sites for hydroxylation is 1. The number of fused-ring (bicyclic) bond motifs is 1. The summed E-state index contributed by atoms with van der Waals surface area (Å²) >= 11 is 0. The zero-order valence-electron chi connectivity index (χ0n) is 12.1. The highest BCUT2D eigenvalue weighted by Crippen LogP contribution is 2.21. The van der Waals surface area contributed by atoms with Crippen LogP contribution < -0.4 is 11.3 Å². The molecule has 116 valence electrons. The van der Waals surface area contributed by atoms with Crippen LogP contribution in [-0.2, 0) is 11.8 Å². The Morgan fingerprint density at radius 3 is 2.96 bits per heavy atom. The van der Waals surface area contributed by atoms with Crippen molar-refractivity contribution in [2.24, 2.45) is 12.8 Å². The minimum atomic E-state index is -0.866. The lowest BCUT2D eigenvalue weighted by Gasteiger charge is -2.04. The molecule has 1 amide bonds. The molecular weight excluding hydrogens is 301 g/mol. The van der Waals surface area contributed by atoms with Gasteiger partial charge >= 0.3 is 0 Å². The van der Waals surface area contributed by atoms with Crippen molar-refractivity contribution in [1.29, 1.82) is 0 Å². The summed E-state index contributed by atoms with van der Waals surface area (Å²) in [6, 6.07) is 1.11. The minimum Gasteiger partial charge on any atom is -0.366 e. The Balaban J connectivity index is 2.14. The van der Waals surface area contributed by atoms with Crippen LogP contribution in [0, 0.1) is 5.82 Å². The number of halogens is 1. The zero-order valence-corrected chi connectivity index (χ0v) is 12.1. The summed E-state index contributed by atoms with van der Waals surface area (Å²) in [5.41, 5.74) is 6.84. The lowest BCUT2D eigenvalue weighted by Crippen LogP contribution is -2.19. The molecule has 0 saturated carbocycles. The van der Waals surface area contributed by atoms with E-state index in [9.17, 15) is 14.0 Å². The van der Waals surface area contributed by atoms with Gasteiger partial charge in [0, 0.05) is 36.6 Å². The fraction of sp³-hybridized carbons (Fsp3) is 0.0667. The Labute approximate surface area is 129 Å². The van der Waals surface area contributed by atoms with Crippen LogP contribution in [0.1, 0.15) is 5.56 Å². The number of pyridine rings is 1. The molecule has 0 aliphatic heterocycles. The topological polar surface area (TPSA) is 107 Å². The smallest absolute Gasteiger partial charge is 0.286 e. The summed E-state index contributed by atoms with van der Waals surface area (Å²) in [7, 11) is 1.46. The Kier molecular flexibility index (Phi) is 3.49. The second kappa shape index (κ2) is 5.48. The highest BCUT2D eigenvalue weighted by molar-refractivity contribution is 5.93. The van der Waals surface area contributed by atoms with Crippen molar-refractivity contribution in [3.63, 3.8) is 0 Å². The molecule has 3 rings (SSSR count). The third kappa shape index (κ3) is 2.73. The molecule has 3 aromatic heterocycles. The number of hydrogen-bond acceptors (Lipinski definition) is 4. The van der Waals surface area contributed by atoms with Gasteiger partial charge in [0.05, 0.1) is 11.9 Å². The molecule has 0 saturated heterocycles. The fourth-order valence-electron chi connectivity index (χ4n) is 2.16. The van der Waals surface area contributed by atoms with E-state index < -0.39 is 17.3 Å². The van der Waals surface area contributed by atoms with Gasteiger partial charge in [-0.05, 0) is 12.1 Å². The Morgan fingerprint density at radius 1 is 1.48 bits per heavy atom. The van der Waals surface area contributed by atoms with Crippen LogP contribution in [0.25, 0.3) is 28.5 Å². The van der Waals surface area contributed by atoms with Crippen LogP contribution in [0.3, 0.4) is 0 Å². The number of nitrogens with two attached hydrogens (primary N) is 1. The van der Waals surface area contributed by atoms with E-state index >= 15 is 0 Å². The molecule has 0 fully saturated rings. The number of aromatic nitrogens is 4. The third-order valence-corrected chi connectivity index (χ3v) is 3.27. The molecule has 3 N–H and O–H groups in total. The number of primary amides is 1. The second-order valence-corrected chi connectivity index (χ2v) is 4.92. The molecule has 0 aliphatic carbocycles. The van der Waals surface area contributed by atoms with Crippen LogP contribution in [0.2, 0.25) is 0 Å². The van der Waals surface area contributed by atoms with E-state index in [-0.39, 0.29) is 0 Å². The first-order valence-corrected chi connectivity index (χ1v) is 6.64. The highest BCUT2D eigenvalue weighted by Gasteiger charge is 2.10. The monoisotopic (exact) mass is 313 g/mol. The van der Waals surface area contributed by atoms with Crippen LogP contribution in [0.15, 0.2) is 35.5 Å². The van der Waals surface area contributed by atoms with Crippen molar-refractivity contribution < 1.29 is 9.18 Å².